The summed E-state index contributed by atoms with van der Waals surface area (Å²) in [4.78, 5) is 12.7. The Labute approximate surface area is 151 Å². The molecule has 134 valence electrons. The van der Waals surface area contributed by atoms with Crippen molar-refractivity contribution in [1.82, 2.24) is 5.32 Å². The number of hydrogen-bond acceptors (Lipinski definition) is 2. The summed E-state index contributed by atoms with van der Waals surface area (Å²) in [6.45, 7) is 4.20. The van der Waals surface area contributed by atoms with Gasteiger partial charge in [0, 0.05) is 6.04 Å². The molecule has 0 aromatic heterocycles. The van der Waals surface area contributed by atoms with Crippen molar-refractivity contribution >= 4 is 5.91 Å². The van der Waals surface area contributed by atoms with Crippen LogP contribution in [0.15, 0.2) is 54.6 Å². The highest BCUT2D eigenvalue weighted by molar-refractivity contribution is 5.83. The Kier molecular flexibility index (Phi) is 7.52. The van der Waals surface area contributed by atoms with Gasteiger partial charge in [0.25, 0.3) is 0 Å². The van der Waals surface area contributed by atoms with Gasteiger partial charge in [-0.05, 0) is 49.4 Å². The molecule has 0 saturated carbocycles. The number of aryl methyl sites for hydroxylation is 1. The Morgan fingerprint density at radius 2 is 1.72 bits per heavy atom. The van der Waals surface area contributed by atoms with E-state index in [1.54, 1.807) is 7.11 Å². The van der Waals surface area contributed by atoms with Crippen LogP contribution in [0.25, 0.3) is 0 Å². The Hall–Kier alpha value is -2.29. The number of methoxy groups -OCH3 is 1. The highest BCUT2D eigenvalue weighted by atomic mass is 16.5. The van der Waals surface area contributed by atoms with Crippen LogP contribution in [0.1, 0.15) is 50.2 Å². The van der Waals surface area contributed by atoms with E-state index >= 15 is 0 Å². The van der Waals surface area contributed by atoms with Crippen molar-refractivity contribution in [2.24, 2.45) is 0 Å². The van der Waals surface area contributed by atoms with E-state index in [-0.39, 0.29) is 17.9 Å². The van der Waals surface area contributed by atoms with Crippen LogP contribution in [0.3, 0.4) is 0 Å². The molecular weight excluding hydrogens is 310 g/mol. The second-order valence-corrected chi connectivity index (χ2v) is 6.55. The molecule has 0 aliphatic rings. The first-order valence-electron chi connectivity index (χ1n) is 9.12. The number of amides is 1. The third kappa shape index (κ3) is 5.93. The largest absolute Gasteiger partial charge is 0.497 e. The fraction of sp³-hybridized carbons (Fsp3) is 0.409. The van der Waals surface area contributed by atoms with Crippen LogP contribution < -0.4 is 10.1 Å². The van der Waals surface area contributed by atoms with Crippen molar-refractivity contribution in [3.8, 4) is 5.75 Å². The van der Waals surface area contributed by atoms with E-state index in [2.05, 4.69) is 31.3 Å². The molecule has 1 amide bonds. The zero-order chi connectivity index (χ0) is 18.1. The van der Waals surface area contributed by atoms with Crippen LogP contribution in [-0.4, -0.2) is 19.1 Å². The molecule has 0 spiro atoms. The molecule has 0 heterocycles. The van der Waals surface area contributed by atoms with Gasteiger partial charge in [-0.2, -0.15) is 0 Å². The SMILES string of the molecule is CCCC(C(=O)NC(C)CCc1ccc(OC)cc1)c1ccccc1. The maximum atomic E-state index is 12.7. The van der Waals surface area contributed by atoms with Gasteiger partial charge in [-0.25, -0.2) is 0 Å². The van der Waals surface area contributed by atoms with Crippen molar-refractivity contribution in [1.29, 1.82) is 0 Å². The van der Waals surface area contributed by atoms with Gasteiger partial charge in [0.15, 0.2) is 0 Å². The van der Waals surface area contributed by atoms with E-state index in [9.17, 15) is 4.79 Å². The average molecular weight is 339 g/mol. The Morgan fingerprint density at radius 1 is 1.04 bits per heavy atom. The van der Waals surface area contributed by atoms with Gasteiger partial charge in [-0.1, -0.05) is 55.8 Å². The first-order valence-corrected chi connectivity index (χ1v) is 9.12. The van der Waals surface area contributed by atoms with Gasteiger partial charge in [-0.3, -0.25) is 4.79 Å². The summed E-state index contributed by atoms with van der Waals surface area (Å²) in [5.41, 5.74) is 2.36. The molecule has 0 radical (unpaired) electrons. The zero-order valence-electron chi connectivity index (χ0n) is 15.5. The number of benzene rings is 2. The molecule has 0 aliphatic heterocycles. The maximum absolute atomic E-state index is 12.7. The standard InChI is InChI=1S/C22H29NO2/c1-4-8-21(19-9-6-5-7-10-19)22(24)23-17(2)11-12-18-13-15-20(25-3)16-14-18/h5-7,9-10,13-17,21H,4,8,11-12H2,1-3H3,(H,23,24). The van der Waals surface area contributed by atoms with Gasteiger partial charge < -0.3 is 10.1 Å². The number of ether oxygens (including phenoxy) is 1. The van der Waals surface area contributed by atoms with Crippen LogP contribution in [0.5, 0.6) is 5.75 Å². The lowest BCUT2D eigenvalue weighted by Crippen LogP contribution is -2.36. The van der Waals surface area contributed by atoms with Crippen molar-refractivity contribution in [3.63, 3.8) is 0 Å². The fourth-order valence-electron chi connectivity index (χ4n) is 3.01. The van der Waals surface area contributed by atoms with Crippen LogP contribution in [0.2, 0.25) is 0 Å². The lowest BCUT2D eigenvalue weighted by molar-refractivity contribution is -0.123. The summed E-state index contributed by atoms with van der Waals surface area (Å²) < 4.78 is 5.18. The highest BCUT2D eigenvalue weighted by Crippen LogP contribution is 2.22. The molecule has 2 aromatic carbocycles. The fourth-order valence-corrected chi connectivity index (χ4v) is 3.01. The second kappa shape index (κ2) is 9.87. The molecule has 3 heteroatoms. The van der Waals surface area contributed by atoms with E-state index < -0.39 is 0 Å². The number of rotatable bonds is 9. The second-order valence-electron chi connectivity index (χ2n) is 6.55. The molecule has 2 unspecified atom stereocenters. The summed E-state index contributed by atoms with van der Waals surface area (Å²) in [6.07, 6.45) is 3.73. The minimum absolute atomic E-state index is 0.0605. The van der Waals surface area contributed by atoms with Crippen LogP contribution >= 0.6 is 0 Å². The maximum Gasteiger partial charge on any atom is 0.227 e. The molecule has 0 saturated heterocycles. The third-order valence-electron chi connectivity index (χ3n) is 4.51. The van der Waals surface area contributed by atoms with E-state index in [0.717, 1.165) is 37.0 Å². The predicted octanol–water partition coefficient (Wildman–Crippen LogP) is 4.72. The smallest absolute Gasteiger partial charge is 0.227 e. The van der Waals surface area contributed by atoms with E-state index in [4.69, 9.17) is 4.74 Å². The predicted molar refractivity (Wildman–Crippen MR) is 103 cm³/mol. The number of carbonyl (C=O) groups excluding carboxylic acids is 1. The average Bonchev–Trinajstić information content (AvgIpc) is 2.65. The van der Waals surface area contributed by atoms with Crippen LogP contribution in [-0.2, 0) is 11.2 Å². The summed E-state index contributed by atoms with van der Waals surface area (Å²) >= 11 is 0. The van der Waals surface area contributed by atoms with Crippen LogP contribution in [0.4, 0.5) is 0 Å². The van der Waals surface area contributed by atoms with E-state index in [1.165, 1.54) is 5.56 Å². The van der Waals surface area contributed by atoms with Crippen molar-refractivity contribution in [3.05, 3.63) is 65.7 Å². The van der Waals surface area contributed by atoms with Crippen LogP contribution in [0, 0.1) is 0 Å². The van der Waals surface area contributed by atoms with Crippen molar-refractivity contribution in [2.75, 3.05) is 7.11 Å². The van der Waals surface area contributed by atoms with Gasteiger partial charge in [-0.15, -0.1) is 0 Å². The van der Waals surface area contributed by atoms with Gasteiger partial charge in [0.1, 0.15) is 5.75 Å². The van der Waals surface area contributed by atoms with Crippen molar-refractivity contribution < 1.29 is 9.53 Å². The van der Waals surface area contributed by atoms with Gasteiger partial charge in [0.05, 0.1) is 13.0 Å². The molecule has 0 aliphatic carbocycles. The topological polar surface area (TPSA) is 38.3 Å². The number of nitrogens with one attached hydrogen (secondary N) is 1. The molecule has 0 fully saturated rings. The summed E-state index contributed by atoms with van der Waals surface area (Å²) in [5.74, 6) is 0.945. The molecule has 2 aromatic rings. The Bertz CT molecular complexity index is 637. The number of hydrogen-bond donors (Lipinski definition) is 1. The monoisotopic (exact) mass is 339 g/mol. The molecule has 2 rings (SSSR count). The lowest BCUT2D eigenvalue weighted by atomic mass is 9.93. The third-order valence-corrected chi connectivity index (χ3v) is 4.51. The van der Waals surface area contributed by atoms with Crippen molar-refractivity contribution in [2.45, 2.75) is 51.5 Å². The first-order chi connectivity index (χ1) is 12.1. The lowest BCUT2D eigenvalue weighted by Gasteiger charge is -2.20. The Morgan fingerprint density at radius 3 is 2.32 bits per heavy atom. The minimum Gasteiger partial charge on any atom is -0.497 e. The summed E-state index contributed by atoms with van der Waals surface area (Å²) in [5, 5.41) is 3.19. The first kappa shape index (κ1) is 19.0. The van der Waals surface area contributed by atoms with Gasteiger partial charge >= 0.3 is 0 Å². The highest BCUT2D eigenvalue weighted by Gasteiger charge is 2.20. The van der Waals surface area contributed by atoms with E-state index in [1.807, 2.05) is 42.5 Å². The number of carbonyl (C=O) groups is 1. The quantitative estimate of drug-likeness (QED) is 0.718. The van der Waals surface area contributed by atoms with Gasteiger partial charge in [0.2, 0.25) is 5.91 Å². The van der Waals surface area contributed by atoms with E-state index in [0.29, 0.717) is 0 Å². The molecule has 2 atom stereocenters. The molecular formula is C22H29NO2. The Balaban J connectivity index is 1.88. The minimum atomic E-state index is -0.0605. The molecule has 3 nitrogen and oxygen atoms in total. The molecule has 0 bridgehead atoms. The summed E-state index contributed by atoms with van der Waals surface area (Å²) in [6, 6.07) is 18.3. The normalized spacial score (nSPS) is 13.1. The summed E-state index contributed by atoms with van der Waals surface area (Å²) in [7, 11) is 1.67. The zero-order valence-corrected chi connectivity index (χ0v) is 15.5. The molecule has 25 heavy (non-hydrogen) atoms. The molecule has 1 N–H and O–H groups in total.